The molecule has 1 atom stereocenters. The van der Waals surface area contributed by atoms with Gasteiger partial charge in [0.05, 0.1) is 32.6 Å². The van der Waals surface area contributed by atoms with Crippen molar-refractivity contribution in [3.8, 4) is 17.2 Å². The maximum absolute atomic E-state index is 14.0. The highest BCUT2D eigenvalue weighted by molar-refractivity contribution is 5.78. The molecule has 4 rings (SSSR count). The Morgan fingerprint density at radius 2 is 1.81 bits per heavy atom. The SMILES string of the molecule is CCCC(=O)N1CCc2cc(OC)c(OCCc3ccc(OC)c(N)c3)cc2C1c1ccc(F)cc1C. The summed E-state index contributed by atoms with van der Waals surface area (Å²) in [4.78, 5) is 15.1. The summed E-state index contributed by atoms with van der Waals surface area (Å²) in [5, 5.41) is 0. The lowest BCUT2D eigenvalue weighted by molar-refractivity contribution is -0.133. The number of nitrogens with zero attached hydrogens (tertiary/aromatic N) is 1. The summed E-state index contributed by atoms with van der Waals surface area (Å²) in [6, 6.07) is 14.1. The second-order valence-corrected chi connectivity index (χ2v) is 9.37. The summed E-state index contributed by atoms with van der Waals surface area (Å²) in [6.45, 7) is 4.90. The Hall–Kier alpha value is -3.74. The fourth-order valence-electron chi connectivity index (χ4n) is 5.02. The average molecular weight is 507 g/mol. The number of carbonyl (C=O) groups is 1. The van der Waals surface area contributed by atoms with Crippen LogP contribution in [0.3, 0.4) is 0 Å². The van der Waals surface area contributed by atoms with E-state index in [4.69, 9.17) is 19.9 Å². The van der Waals surface area contributed by atoms with Crippen LogP contribution < -0.4 is 19.9 Å². The highest BCUT2D eigenvalue weighted by Crippen LogP contribution is 2.42. The highest BCUT2D eigenvalue weighted by Gasteiger charge is 2.34. The van der Waals surface area contributed by atoms with Gasteiger partial charge in [-0.1, -0.05) is 19.1 Å². The van der Waals surface area contributed by atoms with Crippen LogP contribution in [0.5, 0.6) is 17.2 Å². The number of halogens is 1. The molecule has 6 nitrogen and oxygen atoms in total. The first-order valence-corrected chi connectivity index (χ1v) is 12.7. The first-order chi connectivity index (χ1) is 17.9. The van der Waals surface area contributed by atoms with Crippen LogP contribution in [-0.4, -0.2) is 38.2 Å². The molecule has 0 aliphatic carbocycles. The Kier molecular flexibility index (Phi) is 8.21. The highest BCUT2D eigenvalue weighted by atomic mass is 19.1. The largest absolute Gasteiger partial charge is 0.495 e. The third-order valence-corrected chi connectivity index (χ3v) is 6.91. The number of methoxy groups -OCH3 is 2. The van der Waals surface area contributed by atoms with Gasteiger partial charge < -0.3 is 24.8 Å². The molecule has 0 saturated heterocycles. The van der Waals surface area contributed by atoms with E-state index in [0.717, 1.165) is 34.2 Å². The zero-order valence-corrected chi connectivity index (χ0v) is 22.0. The number of nitrogen functional groups attached to an aromatic ring is 1. The zero-order chi connectivity index (χ0) is 26.5. The lowest BCUT2D eigenvalue weighted by Gasteiger charge is -2.39. The minimum atomic E-state index is -0.321. The monoisotopic (exact) mass is 506 g/mol. The number of fused-ring (bicyclic) bond motifs is 1. The van der Waals surface area contributed by atoms with E-state index in [1.807, 2.05) is 49.1 Å². The van der Waals surface area contributed by atoms with Crippen LogP contribution in [0.15, 0.2) is 48.5 Å². The fourth-order valence-corrected chi connectivity index (χ4v) is 5.02. The number of hydrogen-bond acceptors (Lipinski definition) is 5. The lowest BCUT2D eigenvalue weighted by Crippen LogP contribution is -2.40. The van der Waals surface area contributed by atoms with E-state index in [2.05, 4.69) is 0 Å². The van der Waals surface area contributed by atoms with Gasteiger partial charge in [-0.3, -0.25) is 4.79 Å². The number of anilines is 1. The third kappa shape index (κ3) is 5.66. The number of ether oxygens (including phenoxy) is 3. The molecule has 3 aromatic rings. The first kappa shape index (κ1) is 26.3. The Labute approximate surface area is 218 Å². The molecule has 196 valence electrons. The summed E-state index contributed by atoms with van der Waals surface area (Å²) in [7, 11) is 3.22. The summed E-state index contributed by atoms with van der Waals surface area (Å²) in [5.41, 5.74) is 11.5. The molecule has 0 radical (unpaired) electrons. The maximum Gasteiger partial charge on any atom is 0.223 e. The van der Waals surface area contributed by atoms with E-state index in [1.54, 1.807) is 20.3 Å². The predicted octanol–water partition coefficient (Wildman–Crippen LogP) is 5.63. The van der Waals surface area contributed by atoms with Gasteiger partial charge in [-0.2, -0.15) is 0 Å². The van der Waals surface area contributed by atoms with Crippen LogP contribution in [0.25, 0.3) is 0 Å². The molecule has 0 spiro atoms. The van der Waals surface area contributed by atoms with Gasteiger partial charge in [-0.05, 0) is 84.0 Å². The molecule has 1 amide bonds. The summed E-state index contributed by atoms with van der Waals surface area (Å²) >= 11 is 0. The fraction of sp³-hybridized carbons (Fsp3) is 0.367. The van der Waals surface area contributed by atoms with E-state index in [9.17, 15) is 9.18 Å². The minimum Gasteiger partial charge on any atom is -0.495 e. The van der Waals surface area contributed by atoms with Crippen molar-refractivity contribution in [1.82, 2.24) is 4.90 Å². The van der Waals surface area contributed by atoms with Gasteiger partial charge in [0.15, 0.2) is 11.5 Å². The number of hydrogen-bond donors (Lipinski definition) is 1. The van der Waals surface area contributed by atoms with Gasteiger partial charge in [0.2, 0.25) is 5.91 Å². The summed E-state index contributed by atoms with van der Waals surface area (Å²) < 4.78 is 31.1. The van der Waals surface area contributed by atoms with Crippen LogP contribution in [0.2, 0.25) is 0 Å². The first-order valence-electron chi connectivity index (χ1n) is 12.7. The van der Waals surface area contributed by atoms with Crippen LogP contribution in [0.1, 0.15) is 53.6 Å². The number of benzene rings is 3. The molecule has 2 N–H and O–H groups in total. The van der Waals surface area contributed by atoms with Crippen molar-refractivity contribution in [2.45, 2.75) is 45.6 Å². The molecule has 1 aliphatic rings. The van der Waals surface area contributed by atoms with Crippen LogP contribution in [0, 0.1) is 12.7 Å². The molecule has 37 heavy (non-hydrogen) atoms. The maximum atomic E-state index is 14.0. The zero-order valence-electron chi connectivity index (χ0n) is 22.0. The third-order valence-electron chi connectivity index (χ3n) is 6.91. The van der Waals surface area contributed by atoms with Crippen molar-refractivity contribution in [2.24, 2.45) is 0 Å². The van der Waals surface area contributed by atoms with Crippen LogP contribution in [0.4, 0.5) is 10.1 Å². The van der Waals surface area contributed by atoms with Gasteiger partial charge in [0.1, 0.15) is 11.6 Å². The van der Waals surface area contributed by atoms with E-state index in [0.29, 0.717) is 55.4 Å². The minimum absolute atomic E-state index is 0.0947. The van der Waals surface area contributed by atoms with Crippen molar-refractivity contribution in [3.05, 3.63) is 82.2 Å². The molecule has 0 saturated carbocycles. The average Bonchev–Trinajstić information content (AvgIpc) is 2.88. The molecular weight excluding hydrogens is 471 g/mol. The van der Waals surface area contributed by atoms with E-state index < -0.39 is 0 Å². The van der Waals surface area contributed by atoms with Crippen molar-refractivity contribution >= 4 is 11.6 Å². The topological polar surface area (TPSA) is 74.0 Å². The number of aryl methyl sites for hydroxylation is 1. The molecular formula is C30H35FN2O4. The number of rotatable bonds is 9. The molecule has 3 aromatic carbocycles. The van der Waals surface area contributed by atoms with Gasteiger partial charge in [0.25, 0.3) is 0 Å². The molecule has 0 aromatic heterocycles. The molecule has 1 unspecified atom stereocenters. The Morgan fingerprint density at radius 3 is 2.49 bits per heavy atom. The molecule has 1 heterocycles. The van der Waals surface area contributed by atoms with Crippen molar-refractivity contribution in [3.63, 3.8) is 0 Å². The molecule has 1 aliphatic heterocycles. The normalized spacial score (nSPS) is 14.7. The second kappa shape index (κ2) is 11.5. The van der Waals surface area contributed by atoms with Gasteiger partial charge in [-0.25, -0.2) is 4.39 Å². The lowest BCUT2D eigenvalue weighted by atomic mass is 9.85. The van der Waals surface area contributed by atoms with E-state index in [1.165, 1.54) is 12.1 Å². The Bertz CT molecular complexity index is 1280. The smallest absolute Gasteiger partial charge is 0.223 e. The van der Waals surface area contributed by atoms with Gasteiger partial charge in [0, 0.05) is 19.4 Å². The number of amides is 1. The standard InChI is InChI=1S/C30H35FN2O4/c1-5-6-29(34)33-13-11-21-17-27(36-4)28(37-14-12-20-7-10-26(35-3)25(32)16-20)18-24(21)30(33)23-9-8-22(31)15-19(23)2/h7-10,15-18,30H,5-6,11-14,32H2,1-4H3. The quantitative estimate of drug-likeness (QED) is 0.381. The van der Waals surface area contributed by atoms with Gasteiger partial charge in [-0.15, -0.1) is 0 Å². The van der Waals surface area contributed by atoms with Crippen LogP contribution >= 0.6 is 0 Å². The summed E-state index contributed by atoms with van der Waals surface area (Å²) in [6.07, 6.45) is 2.60. The van der Waals surface area contributed by atoms with Gasteiger partial charge >= 0.3 is 0 Å². The van der Waals surface area contributed by atoms with E-state index >= 15 is 0 Å². The summed E-state index contributed by atoms with van der Waals surface area (Å²) in [5.74, 6) is 1.71. The Balaban J connectivity index is 1.67. The molecule has 0 bridgehead atoms. The molecule has 0 fully saturated rings. The van der Waals surface area contributed by atoms with Crippen molar-refractivity contribution in [2.75, 3.05) is 33.1 Å². The predicted molar refractivity (Wildman–Crippen MR) is 143 cm³/mol. The Morgan fingerprint density at radius 1 is 1.03 bits per heavy atom. The number of nitrogens with two attached hydrogens (primary N) is 1. The van der Waals surface area contributed by atoms with Crippen LogP contribution in [-0.2, 0) is 17.6 Å². The number of carbonyl (C=O) groups excluding carboxylic acids is 1. The van der Waals surface area contributed by atoms with Crippen molar-refractivity contribution in [1.29, 1.82) is 0 Å². The second-order valence-electron chi connectivity index (χ2n) is 9.37. The van der Waals surface area contributed by atoms with Crippen molar-refractivity contribution < 1.29 is 23.4 Å². The van der Waals surface area contributed by atoms with E-state index in [-0.39, 0.29) is 17.8 Å². The molecule has 7 heteroatoms.